The molecule has 0 saturated heterocycles. The summed E-state index contributed by atoms with van der Waals surface area (Å²) in [5, 5.41) is 0. The van der Waals surface area contributed by atoms with Crippen molar-refractivity contribution in [1.82, 2.24) is 4.90 Å². The second-order valence-electron chi connectivity index (χ2n) is 5.07. The van der Waals surface area contributed by atoms with E-state index in [4.69, 9.17) is 4.99 Å². The van der Waals surface area contributed by atoms with Crippen LogP contribution in [-0.4, -0.2) is 36.2 Å². The minimum absolute atomic E-state index is 0.396. The predicted molar refractivity (Wildman–Crippen MR) is 72.5 cm³/mol. The van der Waals surface area contributed by atoms with E-state index in [1.165, 1.54) is 6.42 Å². The maximum absolute atomic E-state index is 11.3. The zero-order chi connectivity index (χ0) is 12.7. The maximum atomic E-state index is 11.3. The average molecular weight is 238 g/mol. The third-order valence-electron chi connectivity index (χ3n) is 3.71. The van der Waals surface area contributed by atoms with Gasteiger partial charge in [0.2, 0.25) is 0 Å². The van der Waals surface area contributed by atoms with E-state index >= 15 is 0 Å². The molecule has 1 fully saturated rings. The van der Waals surface area contributed by atoms with E-state index in [-0.39, 0.29) is 0 Å². The molecule has 1 aliphatic rings. The van der Waals surface area contributed by atoms with Crippen LogP contribution in [-0.2, 0) is 4.79 Å². The maximum Gasteiger partial charge on any atom is 0.147 e. The van der Waals surface area contributed by atoms with Crippen LogP contribution in [0.3, 0.4) is 0 Å². The molecule has 1 rings (SSSR count). The standard InChI is InChI=1S/C14H26N2O/c1-4-6-9-13(16(3)5-2)15-14(12-17)10-7-8-11-14/h12H,4-11H2,1-3H3. The highest BCUT2D eigenvalue weighted by Crippen LogP contribution is 2.32. The van der Waals surface area contributed by atoms with Gasteiger partial charge in [0.1, 0.15) is 11.8 Å². The van der Waals surface area contributed by atoms with E-state index in [2.05, 4.69) is 25.8 Å². The third-order valence-corrected chi connectivity index (χ3v) is 3.71. The Labute approximate surface area is 105 Å². The fourth-order valence-electron chi connectivity index (χ4n) is 2.35. The topological polar surface area (TPSA) is 32.7 Å². The molecule has 0 aliphatic heterocycles. The van der Waals surface area contributed by atoms with Crippen molar-refractivity contribution in [3.63, 3.8) is 0 Å². The van der Waals surface area contributed by atoms with Crippen molar-refractivity contribution < 1.29 is 4.79 Å². The Kier molecular flexibility index (Phi) is 5.66. The molecular formula is C14H26N2O. The van der Waals surface area contributed by atoms with Gasteiger partial charge in [0, 0.05) is 20.0 Å². The SMILES string of the molecule is CCCCC(=NC1(C=O)CCCC1)N(C)CC. The molecule has 1 aliphatic carbocycles. The van der Waals surface area contributed by atoms with Crippen LogP contribution in [0, 0.1) is 0 Å². The van der Waals surface area contributed by atoms with Gasteiger partial charge in [-0.3, -0.25) is 4.99 Å². The van der Waals surface area contributed by atoms with Crippen LogP contribution in [0.2, 0.25) is 0 Å². The summed E-state index contributed by atoms with van der Waals surface area (Å²) in [6.07, 6.45) is 8.54. The zero-order valence-corrected chi connectivity index (χ0v) is 11.5. The number of amidine groups is 1. The van der Waals surface area contributed by atoms with Crippen molar-refractivity contribution in [3.8, 4) is 0 Å². The van der Waals surface area contributed by atoms with Gasteiger partial charge in [0.05, 0.1) is 5.84 Å². The molecule has 0 atom stereocenters. The summed E-state index contributed by atoms with van der Waals surface area (Å²) >= 11 is 0. The third kappa shape index (κ3) is 3.83. The van der Waals surface area contributed by atoms with E-state index in [9.17, 15) is 4.79 Å². The monoisotopic (exact) mass is 238 g/mol. The Balaban J connectivity index is 2.82. The molecular weight excluding hydrogens is 212 g/mol. The van der Waals surface area contributed by atoms with Gasteiger partial charge in [-0.05, 0) is 26.2 Å². The number of nitrogens with zero attached hydrogens (tertiary/aromatic N) is 2. The first-order valence-corrected chi connectivity index (χ1v) is 6.93. The molecule has 3 heteroatoms. The molecule has 0 heterocycles. The molecule has 0 N–H and O–H groups in total. The highest BCUT2D eigenvalue weighted by atomic mass is 16.1. The Morgan fingerprint density at radius 1 is 1.35 bits per heavy atom. The van der Waals surface area contributed by atoms with Gasteiger partial charge in [0.15, 0.2) is 0 Å². The molecule has 1 saturated carbocycles. The first-order valence-electron chi connectivity index (χ1n) is 6.93. The minimum Gasteiger partial charge on any atom is -0.364 e. The van der Waals surface area contributed by atoms with E-state index in [0.29, 0.717) is 0 Å². The molecule has 0 spiro atoms. The van der Waals surface area contributed by atoms with Gasteiger partial charge in [-0.2, -0.15) is 0 Å². The molecule has 98 valence electrons. The molecule has 0 aromatic rings. The molecule has 0 amide bonds. The first kappa shape index (κ1) is 14.2. The number of aliphatic imine (C=N–C) groups is 1. The van der Waals surface area contributed by atoms with Crippen LogP contribution in [0.5, 0.6) is 0 Å². The van der Waals surface area contributed by atoms with Crippen molar-refractivity contribution in [1.29, 1.82) is 0 Å². The Morgan fingerprint density at radius 2 is 2.00 bits per heavy atom. The van der Waals surface area contributed by atoms with Gasteiger partial charge in [-0.15, -0.1) is 0 Å². The Morgan fingerprint density at radius 3 is 2.47 bits per heavy atom. The average Bonchev–Trinajstić information content (AvgIpc) is 2.82. The summed E-state index contributed by atoms with van der Waals surface area (Å²) in [6.45, 7) is 5.27. The molecule has 0 bridgehead atoms. The molecule has 3 nitrogen and oxygen atoms in total. The molecule has 17 heavy (non-hydrogen) atoms. The fraction of sp³-hybridized carbons (Fsp3) is 0.857. The van der Waals surface area contributed by atoms with Crippen molar-refractivity contribution >= 4 is 12.1 Å². The largest absolute Gasteiger partial charge is 0.364 e. The lowest BCUT2D eigenvalue weighted by atomic mass is 10.0. The van der Waals surface area contributed by atoms with Gasteiger partial charge in [-0.1, -0.05) is 26.2 Å². The Bertz CT molecular complexity index is 267. The molecule has 0 aromatic carbocycles. The van der Waals surface area contributed by atoms with Crippen molar-refractivity contribution in [2.45, 2.75) is 64.3 Å². The van der Waals surface area contributed by atoms with Crippen LogP contribution < -0.4 is 0 Å². The number of hydrogen-bond donors (Lipinski definition) is 0. The molecule has 0 radical (unpaired) electrons. The van der Waals surface area contributed by atoms with Crippen molar-refractivity contribution in [2.75, 3.05) is 13.6 Å². The quantitative estimate of drug-likeness (QED) is 0.405. The van der Waals surface area contributed by atoms with Crippen LogP contribution in [0.15, 0.2) is 4.99 Å². The predicted octanol–water partition coefficient (Wildman–Crippen LogP) is 3.04. The first-order chi connectivity index (χ1) is 8.17. The summed E-state index contributed by atoms with van der Waals surface area (Å²) in [5.74, 6) is 1.11. The summed E-state index contributed by atoms with van der Waals surface area (Å²) in [5.41, 5.74) is -0.396. The summed E-state index contributed by atoms with van der Waals surface area (Å²) in [7, 11) is 2.07. The molecule has 0 unspecified atom stereocenters. The van der Waals surface area contributed by atoms with Crippen molar-refractivity contribution in [2.24, 2.45) is 4.99 Å². The Hall–Kier alpha value is -0.860. The highest BCUT2D eigenvalue weighted by molar-refractivity contribution is 5.85. The summed E-state index contributed by atoms with van der Waals surface area (Å²) < 4.78 is 0. The number of hydrogen-bond acceptors (Lipinski definition) is 2. The number of carbonyl (C=O) groups excluding carboxylic acids is 1. The van der Waals surface area contributed by atoms with Gasteiger partial charge >= 0.3 is 0 Å². The van der Waals surface area contributed by atoms with Crippen molar-refractivity contribution in [3.05, 3.63) is 0 Å². The zero-order valence-electron chi connectivity index (χ0n) is 11.5. The fourth-order valence-corrected chi connectivity index (χ4v) is 2.35. The van der Waals surface area contributed by atoms with Gasteiger partial charge < -0.3 is 9.69 Å². The molecule has 0 aromatic heterocycles. The normalized spacial score (nSPS) is 19.4. The van der Waals surface area contributed by atoms with Crippen LogP contribution in [0.4, 0.5) is 0 Å². The number of rotatable bonds is 6. The van der Waals surface area contributed by atoms with Crippen LogP contribution in [0.1, 0.15) is 58.8 Å². The van der Waals surface area contributed by atoms with Gasteiger partial charge in [-0.25, -0.2) is 0 Å². The lowest BCUT2D eigenvalue weighted by Crippen LogP contribution is -2.33. The summed E-state index contributed by atoms with van der Waals surface area (Å²) in [4.78, 5) is 18.3. The number of unbranched alkanes of at least 4 members (excludes halogenated alkanes) is 1. The van der Waals surface area contributed by atoms with Crippen LogP contribution >= 0.6 is 0 Å². The lowest BCUT2D eigenvalue weighted by molar-refractivity contribution is -0.112. The minimum atomic E-state index is -0.396. The highest BCUT2D eigenvalue weighted by Gasteiger charge is 2.33. The van der Waals surface area contributed by atoms with Crippen LogP contribution in [0.25, 0.3) is 0 Å². The number of carbonyl (C=O) groups is 1. The second kappa shape index (κ2) is 6.77. The van der Waals surface area contributed by atoms with Gasteiger partial charge in [0.25, 0.3) is 0 Å². The lowest BCUT2D eigenvalue weighted by Gasteiger charge is -2.25. The number of aldehydes is 1. The van der Waals surface area contributed by atoms with E-state index in [0.717, 1.165) is 57.2 Å². The van der Waals surface area contributed by atoms with E-state index < -0.39 is 5.54 Å². The smallest absolute Gasteiger partial charge is 0.147 e. The van der Waals surface area contributed by atoms with E-state index in [1.54, 1.807) is 0 Å². The second-order valence-corrected chi connectivity index (χ2v) is 5.07. The summed E-state index contributed by atoms with van der Waals surface area (Å²) in [6, 6.07) is 0. The van der Waals surface area contributed by atoms with E-state index in [1.807, 2.05) is 0 Å².